The number of carbonyl (C=O) groups excluding carboxylic acids is 1. The Balaban J connectivity index is 1.48. The number of amides is 1. The molecule has 0 radical (unpaired) electrons. The monoisotopic (exact) mass is 457 g/mol. The summed E-state index contributed by atoms with van der Waals surface area (Å²) in [5.74, 6) is -1.14. The second kappa shape index (κ2) is 7.53. The number of hydrogen-bond acceptors (Lipinski definition) is 6. The predicted molar refractivity (Wildman–Crippen MR) is 120 cm³/mol. The van der Waals surface area contributed by atoms with E-state index < -0.39 is 17.0 Å². The third-order valence-corrected chi connectivity index (χ3v) is 6.97. The first-order valence-electron chi connectivity index (χ1n) is 10.9. The second-order valence-corrected chi connectivity index (χ2v) is 8.98. The van der Waals surface area contributed by atoms with Gasteiger partial charge < -0.3 is 20.4 Å². The zero-order valence-corrected chi connectivity index (χ0v) is 18.3. The highest BCUT2D eigenvalue weighted by Gasteiger charge is 2.54. The number of halogens is 2. The number of rotatable bonds is 3. The Morgan fingerprint density at radius 1 is 1.24 bits per heavy atom. The molecule has 1 fully saturated rings. The first kappa shape index (κ1) is 21.4. The second-order valence-electron chi connectivity index (χ2n) is 8.98. The fourth-order valence-electron chi connectivity index (χ4n) is 5.38. The van der Waals surface area contributed by atoms with Gasteiger partial charge in [-0.3, -0.25) is 20.0 Å². The number of nitrogens with two attached hydrogens (primary N) is 1. The molecule has 5 rings (SSSR count). The van der Waals surface area contributed by atoms with Crippen molar-refractivity contribution in [1.29, 1.82) is 5.41 Å². The SMILES string of the molecule is CN1CCCc2c1nc(N1CCC3(CC1)C(=O)N(CC(=N)N)c1cc(F)cc(F)c13)[nH]c2=O. The highest BCUT2D eigenvalue weighted by Crippen LogP contribution is 2.49. The number of benzene rings is 1. The van der Waals surface area contributed by atoms with Crippen molar-refractivity contribution >= 4 is 29.2 Å². The molecule has 0 saturated carbocycles. The Bertz CT molecular complexity index is 1220. The maximum atomic E-state index is 15.0. The number of fused-ring (bicyclic) bond motifs is 3. The van der Waals surface area contributed by atoms with Crippen LogP contribution in [0.5, 0.6) is 0 Å². The number of aromatic nitrogens is 2. The summed E-state index contributed by atoms with van der Waals surface area (Å²) in [6.45, 7) is 1.29. The van der Waals surface area contributed by atoms with Gasteiger partial charge in [-0.05, 0) is 31.7 Å². The molecule has 1 saturated heterocycles. The number of piperidine rings is 1. The zero-order valence-electron chi connectivity index (χ0n) is 18.3. The van der Waals surface area contributed by atoms with Gasteiger partial charge in [0.15, 0.2) is 0 Å². The van der Waals surface area contributed by atoms with Crippen molar-refractivity contribution in [2.45, 2.75) is 31.1 Å². The Hall–Kier alpha value is -3.50. The molecule has 3 aliphatic heterocycles. The number of aromatic amines is 1. The van der Waals surface area contributed by atoms with E-state index >= 15 is 0 Å². The van der Waals surface area contributed by atoms with Gasteiger partial charge in [-0.1, -0.05) is 0 Å². The lowest BCUT2D eigenvalue weighted by atomic mass is 9.73. The molecule has 1 spiro atoms. The first-order valence-corrected chi connectivity index (χ1v) is 10.9. The summed E-state index contributed by atoms with van der Waals surface area (Å²) in [5.41, 5.74) is 5.12. The minimum Gasteiger partial charge on any atom is -0.386 e. The molecule has 4 N–H and O–H groups in total. The molecule has 9 nitrogen and oxygen atoms in total. The fraction of sp³-hybridized carbons (Fsp3) is 0.455. The molecule has 2 aromatic rings. The van der Waals surface area contributed by atoms with Crippen LogP contribution in [0.4, 0.5) is 26.2 Å². The largest absolute Gasteiger partial charge is 0.386 e. The molecule has 4 heterocycles. The minimum absolute atomic E-state index is 0.128. The molecule has 3 aliphatic rings. The summed E-state index contributed by atoms with van der Waals surface area (Å²) in [7, 11) is 1.90. The van der Waals surface area contributed by atoms with Gasteiger partial charge >= 0.3 is 0 Å². The van der Waals surface area contributed by atoms with E-state index in [1.807, 2.05) is 16.8 Å². The normalized spacial score (nSPS) is 19.1. The van der Waals surface area contributed by atoms with E-state index in [1.54, 1.807) is 0 Å². The van der Waals surface area contributed by atoms with Crippen LogP contribution in [-0.4, -0.2) is 54.9 Å². The molecule has 0 unspecified atom stereocenters. The van der Waals surface area contributed by atoms with E-state index in [2.05, 4.69) is 9.97 Å². The molecular formula is C22H25F2N7O2. The van der Waals surface area contributed by atoms with Crippen LogP contribution in [0.1, 0.15) is 30.4 Å². The van der Waals surface area contributed by atoms with Crippen LogP contribution < -0.4 is 26.0 Å². The van der Waals surface area contributed by atoms with E-state index in [-0.39, 0.29) is 47.9 Å². The van der Waals surface area contributed by atoms with Crippen LogP contribution in [0.25, 0.3) is 0 Å². The van der Waals surface area contributed by atoms with Gasteiger partial charge in [-0.25, -0.2) is 8.78 Å². The standard InChI is InChI=1S/C22H25F2N7O2/c1-29-6-2-3-13-18(29)27-21(28-19(13)32)30-7-4-22(5-8-30)17-14(24)9-12(23)10-15(17)31(20(22)33)11-16(25)26/h9-10H,2-8,11H2,1H3,(H3,25,26)(H,27,28,32). The average molecular weight is 457 g/mol. The van der Waals surface area contributed by atoms with Crippen LogP contribution in [0.3, 0.4) is 0 Å². The zero-order chi connectivity index (χ0) is 23.5. The maximum Gasteiger partial charge on any atom is 0.257 e. The van der Waals surface area contributed by atoms with Gasteiger partial charge in [-0.2, -0.15) is 4.98 Å². The Labute approximate surface area is 188 Å². The van der Waals surface area contributed by atoms with Crippen LogP contribution in [0.15, 0.2) is 16.9 Å². The topological polar surface area (TPSA) is 122 Å². The highest BCUT2D eigenvalue weighted by atomic mass is 19.1. The molecule has 11 heteroatoms. The van der Waals surface area contributed by atoms with Crippen LogP contribution >= 0.6 is 0 Å². The molecule has 0 bridgehead atoms. The van der Waals surface area contributed by atoms with Gasteiger partial charge in [0.2, 0.25) is 11.9 Å². The summed E-state index contributed by atoms with van der Waals surface area (Å²) in [4.78, 5) is 38.7. The van der Waals surface area contributed by atoms with Crippen molar-refractivity contribution < 1.29 is 13.6 Å². The molecular weight excluding hydrogens is 432 g/mol. The van der Waals surface area contributed by atoms with Crippen LogP contribution in [-0.2, 0) is 16.6 Å². The van der Waals surface area contributed by atoms with E-state index in [9.17, 15) is 18.4 Å². The number of anilines is 3. The number of amidine groups is 1. The lowest BCUT2D eigenvalue weighted by molar-refractivity contribution is -0.123. The van der Waals surface area contributed by atoms with E-state index in [1.165, 1.54) is 4.90 Å². The van der Waals surface area contributed by atoms with Crippen LogP contribution in [0.2, 0.25) is 0 Å². The fourth-order valence-corrected chi connectivity index (χ4v) is 5.38. The molecule has 0 atom stereocenters. The third-order valence-electron chi connectivity index (χ3n) is 6.97. The molecule has 33 heavy (non-hydrogen) atoms. The number of carbonyl (C=O) groups is 1. The third kappa shape index (κ3) is 3.25. The minimum atomic E-state index is -1.18. The summed E-state index contributed by atoms with van der Waals surface area (Å²) >= 11 is 0. The first-order chi connectivity index (χ1) is 15.7. The molecule has 1 aromatic carbocycles. The lowest BCUT2D eigenvalue weighted by Crippen LogP contribution is -2.50. The van der Waals surface area contributed by atoms with Crippen molar-refractivity contribution in [2.24, 2.45) is 5.73 Å². The quantitative estimate of drug-likeness (QED) is 0.471. The van der Waals surface area contributed by atoms with E-state index in [0.717, 1.165) is 25.1 Å². The highest BCUT2D eigenvalue weighted by molar-refractivity contribution is 6.11. The van der Waals surface area contributed by atoms with Gasteiger partial charge in [0.25, 0.3) is 5.56 Å². The summed E-state index contributed by atoms with van der Waals surface area (Å²) in [6.07, 6.45) is 2.08. The Kier molecular flexibility index (Phi) is 4.87. The number of H-pyrrole nitrogens is 1. The van der Waals surface area contributed by atoms with Crippen molar-refractivity contribution in [3.63, 3.8) is 0 Å². The van der Waals surface area contributed by atoms with Crippen molar-refractivity contribution in [3.05, 3.63) is 45.2 Å². The number of hydrogen-bond donors (Lipinski definition) is 3. The molecule has 1 amide bonds. The smallest absolute Gasteiger partial charge is 0.257 e. The van der Waals surface area contributed by atoms with E-state index in [4.69, 9.17) is 11.1 Å². The summed E-state index contributed by atoms with van der Waals surface area (Å²) in [5, 5.41) is 7.60. The van der Waals surface area contributed by atoms with Gasteiger partial charge in [0.05, 0.1) is 23.2 Å². The molecule has 0 aliphatic carbocycles. The van der Waals surface area contributed by atoms with Crippen molar-refractivity contribution in [2.75, 3.05) is 47.9 Å². The number of nitrogens with zero attached hydrogens (tertiary/aromatic N) is 4. The number of nitrogens with one attached hydrogen (secondary N) is 2. The maximum absolute atomic E-state index is 15.0. The summed E-state index contributed by atoms with van der Waals surface area (Å²) in [6, 6.07) is 1.91. The van der Waals surface area contributed by atoms with Crippen molar-refractivity contribution in [1.82, 2.24) is 9.97 Å². The predicted octanol–water partition coefficient (Wildman–Crippen LogP) is 1.25. The molecule has 1 aromatic heterocycles. The van der Waals surface area contributed by atoms with E-state index in [0.29, 0.717) is 36.8 Å². The van der Waals surface area contributed by atoms with Gasteiger partial charge in [0, 0.05) is 38.3 Å². The van der Waals surface area contributed by atoms with Gasteiger partial charge in [0.1, 0.15) is 23.3 Å². The van der Waals surface area contributed by atoms with Gasteiger partial charge in [-0.15, -0.1) is 0 Å². The van der Waals surface area contributed by atoms with Crippen molar-refractivity contribution in [3.8, 4) is 0 Å². The Morgan fingerprint density at radius 2 is 1.97 bits per heavy atom. The average Bonchev–Trinajstić information content (AvgIpc) is 2.97. The Morgan fingerprint density at radius 3 is 2.67 bits per heavy atom. The lowest BCUT2D eigenvalue weighted by Gasteiger charge is -2.39. The van der Waals surface area contributed by atoms with Crippen LogP contribution in [0, 0.1) is 17.0 Å². The summed E-state index contributed by atoms with van der Waals surface area (Å²) < 4.78 is 29.0. The molecule has 174 valence electrons.